The molecule has 0 bridgehead atoms. The highest BCUT2D eigenvalue weighted by Gasteiger charge is 2.22. The van der Waals surface area contributed by atoms with Gasteiger partial charge in [-0.15, -0.1) is 11.3 Å². The van der Waals surface area contributed by atoms with E-state index in [4.69, 9.17) is 28.3 Å². The van der Waals surface area contributed by atoms with Gasteiger partial charge in [0.1, 0.15) is 11.5 Å². The van der Waals surface area contributed by atoms with Crippen molar-refractivity contribution in [3.8, 4) is 16.3 Å². The molecule has 0 saturated heterocycles. The minimum atomic E-state index is 0.709. The van der Waals surface area contributed by atoms with Crippen LogP contribution in [0.2, 0.25) is 9.36 Å². The Morgan fingerprint density at radius 2 is 2.04 bits per heavy atom. The van der Waals surface area contributed by atoms with Gasteiger partial charge < -0.3 is 5.32 Å². The smallest absolute Gasteiger partial charge is 0.133 e. The molecule has 6 heteroatoms. The molecular formula is C17H15Cl2N3S. The zero-order valence-electron chi connectivity index (χ0n) is 12.4. The van der Waals surface area contributed by atoms with Crippen LogP contribution in [-0.4, -0.2) is 16.3 Å². The van der Waals surface area contributed by atoms with Crippen LogP contribution in [0.15, 0.2) is 36.4 Å². The third kappa shape index (κ3) is 2.87. The number of fused-ring (bicyclic) bond motifs is 1. The topological polar surface area (TPSA) is 29.9 Å². The molecule has 0 unspecified atom stereocenters. The van der Waals surface area contributed by atoms with E-state index in [1.165, 1.54) is 5.56 Å². The fourth-order valence-corrected chi connectivity index (χ4v) is 4.18. The summed E-state index contributed by atoms with van der Waals surface area (Å²) >= 11 is 13.8. The van der Waals surface area contributed by atoms with Crippen molar-refractivity contribution < 1.29 is 0 Å². The Bertz CT molecular complexity index is 853. The average Bonchev–Trinajstić information content (AvgIpc) is 3.03. The maximum atomic E-state index is 6.16. The average molecular weight is 364 g/mol. The SMILES string of the molecule is Clc1cccc(-n2nc(-c3ccc(Cl)s3)c3c2NCCCC3)c1. The van der Waals surface area contributed by atoms with Crippen LogP contribution in [-0.2, 0) is 6.42 Å². The van der Waals surface area contributed by atoms with Gasteiger partial charge in [-0.2, -0.15) is 5.10 Å². The van der Waals surface area contributed by atoms with Crippen LogP contribution >= 0.6 is 34.5 Å². The minimum absolute atomic E-state index is 0.709. The molecule has 4 rings (SSSR count). The van der Waals surface area contributed by atoms with Crippen LogP contribution in [0.5, 0.6) is 0 Å². The first-order valence-electron chi connectivity index (χ1n) is 7.60. The number of benzene rings is 1. The molecule has 118 valence electrons. The number of hydrogen-bond donors (Lipinski definition) is 1. The van der Waals surface area contributed by atoms with Crippen molar-refractivity contribution in [1.29, 1.82) is 0 Å². The van der Waals surface area contributed by atoms with Crippen LogP contribution in [0.3, 0.4) is 0 Å². The maximum Gasteiger partial charge on any atom is 0.133 e. The van der Waals surface area contributed by atoms with E-state index in [1.54, 1.807) is 11.3 Å². The summed E-state index contributed by atoms with van der Waals surface area (Å²) in [6.07, 6.45) is 3.34. The zero-order valence-corrected chi connectivity index (χ0v) is 14.7. The van der Waals surface area contributed by atoms with Crippen LogP contribution in [0.1, 0.15) is 18.4 Å². The van der Waals surface area contributed by atoms with Crippen molar-refractivity contribution in [3.05, 3.63) is 51.3 Å². The Morgan fingerprint density at radius 1 is 1.13 bits per heavy atom. The second-order valence-corrected chi connectivity index (χ2v) is 7.71. The summed E-state index contributed by atoms with van der Waals surface area (Å²) in [4.78, 5) is 1.11. The Kier molecular flexibility index (Phi) is 4.05. The van der Waals surface area contributed by atoms with Crippen LogP contribution in [0.4, 0.5) is 5.82 Å². The van der Waals surface area contributed by atoms with Crippen molar-refractivity contribution in [2.24, 2.45) is 0 Å². The Labute approximate surface area is 148 Å². The molecule has 0 amide bonds. The van der Waals surface area contributed by atoms with Crippen molar-refractivity contribution in [1.82, 2.24) is 9.78 Å². The third-order valence-corrected chi connectivity index (χ3v) is 5.46. The van der Waals surface area contributed by atoms with E-state index in [0.29, 0.717) is 5.02 Å². The summed E-state index contributed by atoms with van der Waals surface area (Å²) in [5, 5.41) is 9.12. The zero-order chi connectivity index (χ0) is 15.8. The van der Waals surface area contributed by atoms with Gasteiger partial charge in [-0.05, 0) is 49.6 Å². The maximum absolute atomic E-state index is 6.16. The first-order chi connectivity index (χ1) is 11.2. The highest BCUT2D eigenvalue weighted by molar-refractivity contribution is 7.19. The number of thiophene rings is 1. The molecule has 0 spiro atoms. The Morgan fingerprint density at radius 3 is 2.83 bits per heavy atom. The number of nitrogens with one attached hydrogen (secondary N) is 1. The number of rotatable bonds is 2. The first kappa shape index (κ1) is 15.1. The lowest BCUT2D eigenvalue weighted by molar-refractivity contribution is 0.780. The fraction of sp³-hybridized carbons (Fsp3) is 0.235. The molecule has 1 N–H and O–H groups in total. The van der Waals surface area contributed by atoms with Gasteiger partial charge in [0, 0.05) is 17.1 Å². The monoisotopic (exact) mass is 363 g/mol. The normalized spacial score (nSPS) is 14.2. The van der Waals surface area contributed by atoms with E-state index in [2.05, 4.69) is 5.32 Å². The summed E-state index contributed by atoms with van der Waals surface area (Å²) in [7, 11) is 0. The minimum Gasteiger partial charge on any atom is -0.370 e. The molecule has 0 radical (unpaired) electrons. The fourth-order valence-electron chi connectivity index (χ4n) is 2.94. The molecule has 1 aliphatic heterocycles. The van der Waals surface area contributed by atoms with E-state index in [1.807, 2.05) is 41.1 Å². The molecule has 0 aliphatic carbocycles. The van der Waals surface area contributed by atoms with E-state index >= 15 is 0 Å². The number of hydrogen-bond acceptors (Lipinski definition) is 3. The van der Waals surface area contributed by atoms with E-state index in [0.717, 1.165) is 52.2 Å². The molecule has 0 fully saturated rings. The quantitative estimate of drug-likeness (QED) is 0.636. The van der Waals surface area contributed by atoms with E-state index < -0.39 is 0 Å². The van der Waals surface area contributed by atoms with E-state index in [9.17, 15) is 0 Å². The summed E-state index contributed by atoms with van der Waals surface area (Å²) in [5.41, 5.74) is 3.25. The largest absolute Gasteiger partial charge is 0.370 e. The van der Waals surface area contributed by atoms with Gasteiger partial charge >= 0.3 is 0 Å². The van der Waals surface area contributed by atoms with Gasteiger partial charge in [-0.25, -0.2) is 4.68 Å². The number of nitrogens with zero attached hydrogens (tertiary/aromatic N) is 2. The molecule has 3 nitrogen and oxygen atoms in total. The molecule has 23 heavy (non-hydrogen) atoms. The van der Waals surface area contributed by atoms with Gasteiger partial charge in [0.25, 0.3) is 0 Å². The van der Waals surface area contributed by atoms with Gasteiger partial charge in [0.2, 0.25) is 0 Å². The number of aromatic nitrogens is 2. The second-order valence-electron chi connectivity index (χ2n) is 5.56. The van der Waals surface area contributed by atoms with Gasteiger partial charge in [0.15, 0.2) is 0 Å². The van der Waals surface area contributed by atoms with Crippen molar-refractivity contribution >= 4 is 40.4 Å². The molecular weight excluding hydrogens is 349 g/mol. The van der Waals surface area contributed by atoms with Crippen LogP contribution in [0.25, 0.3) is 16.3 Å². The highest BCUT2D eigenvalue weighted by Crippen LogP contribution is 2.38. The van der Waals surface area contributed by atoms with Gasteiger partial charge in [-0.1, -0.05) is 29.3 Å². The number of halogens is 2. The van der Waals surface area contributed by atoms with Crippen molar-refractivity contribution in [3.63, 3.8) is 0 Å². The molecule has 2 aromatic heterocycles. The van der Waals surface area contributed by atoms with Crippen LogP contribution < -0.4 is 5.32 Å². The molecule has 1 aromatic carbocycles. The molecule has 0 atom stereocenters. The standard InChI is InChI=1S/C17H15Cl2N3S/c18-11-4-3-5-12(10-11)22-17-13(6-1-2-9-20-17)16(21-22)14-7-8-15(19)23-14/h3-5,7-8,10,20H,1-2,6,9H2. The van der Waals surface area contributed by atoms with Crippen molar-refractivity contribution in [2.75, 3.05) is 11.9 Å². The predicted octanol–water partition coefficient (Wildman–Crippen LogP) is 5.66. The van der Waals surface area contributed by atoms with Gasteiger partial charge in [-0.3, -0.25) is 0 Å². The third-order valence-electron chi connectivity index (χ3n) is 3.99. The molecule has 1 aliphatic rings. The highest BCUT2D eigenvalue weighted by atomic mass is 35.5. The lowest BCUT2D eigenvalue weighted by Crippen LogP contribution is -2.07. The van der Waals surface area contributed by atoms with E-state index in [-0.39, 0.29) is 0 Å². The predicted molar refractivity (Wildman–Crippen MR) is 98.3 cm³/mol. The Hall–Kier alpha value is -1.49. The lowest BCUT2D eigenvalue weighted by atomic mass is 10.1. The first-order valence-corrected chi connectivity index (χ1v) is 9.17. The van der Waals surface area contributed by atoms with Crippen LogP contribution in [0, 0.1) is 0 Å². The summed E-state index contributed by atoms with van der Waals surface area (Å²) in [6.45, 7) is 0.962. The lowest BCUT2D eigenvalue weighted by Gasteiger charge is -2.09. The van der Waals surface area contributed by atoms with Crippen molar-refractivity contribution in [2.45, 2.75) is 19.3 Å². The second kappa shape index (κ2) is 6.19. The number of anilines is 1. The van der Waals surface area contributed by atoms with Gasteiger partial charge in [0.05, 0.1) is 14.9 Å². The molecule has 3 aromatic rings. The summed E-state index contributed by atoms with van der Waals surface area (Å²) in [6, 6.07) is 11.8. The Balaban J connectivity index is 1.91. The summed E-state index contributed by atoms with van der Waals surface area (Å²) in [5.74, 6) is 1.07. The molecule has 3 heterocycles. The molecule has 0 saturated carbocycles. The summed E-state index contributed by atoms with van der Waals surface area (Å²) < 4.78 is 2.75.